The van der Waals surface area contributed by atoms with Crippen molar-refractivity contribution in [1.29, 1.82) is 0 Å². The molecule has 0 saturated carbocycles. The average molecular weight is 440 g/mol. The van der Waals surface area contributed by atoms with Gasteiger partial charge < -0.3 is 13.9 Å². The van der Waals surface area contributed by atoms with Gasteiger partial charge >= 0.3 is 0 Å². The number of aromatic nitrogens is 3. The lowest BCUT2D eigenvalue weighted by Crippen LogP contribution is -2.50. The molecule has 1 fully saturated rings. The molecule has 1 amide bonds. The fourth-order valence-corrected chi connectivity index (χ4v) is 4.23. The van der Waals surface area contributed by atoms with E-state index in [1.54, 1.807) is 12.1 Å². The van der Waals surface area contributed by atoms with Crippen molar-refractivity contribution in [1.82, 2.24) is 24.6 Å². The molecule has 1 aliphatic rings. The van der Waals surface area contributed by atoms with Crippen LogP contribution in [0.15, 0.2) is 34.7 Å². The highest BCUT2D eigenvalue weighted by Crippen LogP contribution is 2.29. The maximum Gasteiger partial charge on any atom is 0.249 e. The van der Waals surface area contributed by atoms with Gasteiger partial charge in [0.25, 0.3) is 0 Å². The van der Waals surface area contributed by atoms with E-state index in [-0.39, 0.29) is 11.7 Å². The van der Waals surface area contributed by atoms with Crippen LogP contribution in [0.3, 0.4) is 0 Å². The lowest BCUT2D eigenvalue weighted by molar-refractivity contribution is -0.133. The second kappa shape index (κ2) is 9.24. The van der Waals surface area contributed by atoms with E-state index >= 15 is 0 Å². The number of amides is 1. The molecule has 0 aliphatic carbocycles. The van der Waals surface area contributed by atoms with Crippen LogP contribution in [0, 0.1) is 25.6 Å². The Morgan fingerprint density at radius 2 is 1.72 bits per heavy atom. The molecule has 8 heteroatoms. The number of halogens is 1. The summed E-state index contributed by atoms with van der Waals surface area (Å²) in [5, 5.41) is 8.28. The van der Waals surface area contributed by atoms with Gasteiger partial charge in [-0.3, -0.25) is 9.69 Å². The van der Waals surface area contributed by atoms with Crippen LogP contribution in [0.25, 0.3) is 22.9 Å². The molecular weight excluding hydrogens is 409 g/mol. The number of carbonyl (C=O) groups excluding carboxylic acids is 1. The molecule has 2 aromatic heterocycles. The molecule has 0 atom stereocenters. The fraction of sp³-hybridized carbons (Fsp3) is 0.458. The maximum atomic E-state index is 13.2. The third kappa shape index (κ3) is 4.75. The molecule has 170 valence electrons. The third-order valence-electron chi connectivity index (χ3n) is 5.96. The normalized spacial score (nSPS) is 15.0. The minimum Gasteiger partial charge on any atom is -0.416 e. The lowest BCUT2D eigenvalue weighted by Gasteiger charge is -2.35. The second-order valence-electron chi connectivity index (χ2n) is 8.87. The summed E-state index contributed by atoms with van der Waals surface area (Å²) in [5.41, 5.74) is 3.33. The van der Waals surface area contributed by atoms with Gasteiger partial charge in [0.05, 0.1) is 5.56 Å². The van der Waals surface area contributed by atoms with Gasteiger partial charge in [0, 0.05) is 49.7 Å². The van der Waals surface area contributed by atoms with Crippen molar-refractivity contribution in [2.24, 2.45) is 5.92 Å². The Labute approximate surface area is 187 Å². The van der Waals surface area contributed by atoms with Crippen molar-refractivity contribution in [2.45, 2.75) is 34.2 Å². The van der Waals surface area contributed by atoms with E-state index in [4.69, 9.17) is 4.42 Å². The summed E-state index contributed by atoms with van der Waals surface area (Å²) in [4.78, 5) is 17.3. The monoisotopic (exact) mass is 439 g/mol. The summed E-state index contributed by atoms with van der Waals surface area (Å²) in [7, 11) is 0. The van der Waals surface area contributed by atoms with Crippen molar-refractivity contribution >= 4 is 5.91 Å². The quantitative estimate of drug-likeness (QED) is 0.585. The second-order valence-corrected chi connectivity index (χ2v) is 8.87. The number of benzene rings is 1. The first-order valence-corrected chi connectivity index (χ1v) is 11.1. The average Bonchev–Trinajstić information content (AvgIpc) is 3.35. The van der Waals surface area contributed by atoms with Crippen molar-refractivity contribution in [3.05, 3.63) is 47.5 Å². The number of hydrogen-bond donors (Lipinski definition) is 0. The van der Waals surface area contributed by atoms with Crippen LogP contribution in [-0.2, 0) is 11.3 Å². The SMILES string of the molecule is Cc1cc(-c2nnc(-c3ccc(F)cc3)o2)c(C)n1CC(=O)N1CCN(CC(C)C)CC1. The summed E-state index contributed by atoms with van der Waals surface area (Å²) in [6.07, 6.45) is 0. The summed E-state index contributed by atoms with van der Waals surface area (Å²) >= 11 is 0. The first kappa shape index (κ1) is 22.2. The molecule has 0 unspecified atom stereocenters. The van der Waals surface area contributed by atoms with Crippen LogP contribution in [-0.4, -0.2) is 63.2 Å². The molecule has 0 bridgehead atoms. The Hall–Kier alpha value is -3.00. The van der Waals surface area contributed by atoms with Crippen LogP contribution in [0.2, 0.25) is 0 Å². The zero-order valence-electron chi connectivity index (χ0n) is 19.1. The molecule has 3 heterocycles. The van der Waals surface area contributed by atoms with Crippen LogP contribution in [0.1, 0.15) is 25.2 Å². The van der Waals surface area contributed by atoms with Gasteiger partial charge in [-0.25, -0.2) is 4.39 Å². The van der Waals surface area contributed by atoms with Crippen LogP contribution < -0.4 is 0 Å². The van der Waals surface area contributed by atoms with Gasteiger partial charge in [0.1, 0.15) is 12.4 Å². The largest absolute Gasteiger partial charge is 0.416 e. The molecule has 1 aromatic carbocycles. The summed E-state index contributed by atoms with van der Waals surface area (Å²) in [6.45, 7) is 13.1. The van der Waals surface area contributed by atoms with Gasteiger partial charge in [-0.05, 0) is 50.1 Å². The smallest absolute Gasteiger partial charge is 0.249 e. The van der Waals surface area contributed by atoms with Crippen LogP contribution >= 0.6 is 0 Å². The predicted molar refractivity (Wildman–Crippen MR) is 120 cm³/mol. The molecule has 0 spiro atoms. The molecule has 4 rings (SSSR count). The highest BCUT2D eigenvalue weighted by atomic mass is 19.1. The molecule has 1 saturated heterocycles. The van der Waals surface area contributed by atoms with Crippen molar-refractivity contribution in [3.63, 3.8) is 0 Å². The minimum atomic E-state index is -0.317. The van der Waals surface area contributed by atoms with Crippen molar-refractivity contribution < 1.29 is 13.6 Å². The van der Waals surface area contributed by atoms with Gasteiger partial charge in [0.15, 0.2) is 0 Å². The highest BCUT2D eigenvalue weighted by molar-refractivity contribution is 5.77. The van der Waals surface area contributed by atoms with Crippen molar-refractivity contribution in [3.8, 4) is 22.9 Å². The van der Waals surface area contributed by atoms with Gasteiger partial charge in [-0.2, -0.15) is 0 Å². The zero-order chi connectivity index (χ0) is 22.8. The van der Waals surface area contributed by atoms with Crippen molar-refractivity contribution in [2.75, 3.05) is 32.7 Å². The zero-order valence-corrected chi connectivity index (χ0v) is 19.1. The topological polar surface area (TPSA) is 67.4 Å². The van der Waals surface area contributed by atoms with E-state index < -0.39 is 0 Å². The summed E-state index contributed by atoms with van der Waals surface area (Å²) in [6, 6.07) is 7.90. The van der Waals surface area contributed by atoms with E-state index in [2.05, 4.69) is 28.9 Å². The molecule has 32 heavy (non-hydrogen) atoms. The van der Waals surface area contributed by atoms with E-state index in [0.29, 0.717) is 29.8 Å². The molecule has 0 N–H and O–H groups in total. The van der Waals surface area contributed by atoms with Crippen LogP contribution in [0.5, 0.6) is 0 Å². The summed E-state index contributed by atoms with van der Waals surface area (Å²) < 4.78 is 21.0. The van der Waals surface area contributed by atoms with E-state index in [1.165, 1.54) is 12.1 Å². The Morgan fingerprint density at radius 1 is 1.06 bits per heavy atom. The van der Waals surface area contributed by atoms with Gasteiger partial charge in [-0.1, -0.05) is 13.8 Å². The molecule has 3 aromatic rings. The summed E-state index contributed by atoms with van der Waals surface area (Å²) in [5.74, 6) is 1.16. The Morgan fingerprint density at radius 3 is 2.38 bits per heavy atom. The Balaban J connectivity index is 1.46. The number of hydrogen-bond acceptors (Lipinski definition) is 5. The fourth-order valence-electron chi connectivity index (χ4n) is 4.23. The minimum absolute atomic E-state index is 0.125. The Bertz CT molecular complexity index is 1080. The number of piperazine rings is 1. The maximum absolute atomic E-state index is 13.2. The molecular formula is C24H30FN5O2. The molecule has 1 aliphatic heterocycles. The lowest BCUT2D eigenvalue weighted by atomic mass is 10.2. The number of carbonyl (C=O) groups is 1. The standard InChI is InChI=1S/C24H30FN5O2/c1-16(2)14-28-9-11-29(12-10-28)22(31)15-30-17(3)13-21(18(30)4)24-27-26-23(32-24)19-5-7-20(25)8-6-19/h5-8,13,16H,9-12,14-15H2,1-4H3. The van der Waals surface area contributed by atoms with E-state index in [9.17, 15) is 9.18 Å². The molecule has 0 radical (unpaired) electrons. The van der Waals surface area contributed by atoms with Gasteiger partial charge in [-0.15, -0.1) is 10.2 Å². The van der Waals surface area contributed by atoms with Gasteiger partial charge in [0.2, 0.25) is 17.7 Å². The number of nitrogens with zero attached hydrogens (tertiary/aromatic N) is 5. The highest BCUT2D eigenvalue weighted by Gasteiger charge is 2.24. The van der Waals surface area contributed by atoms with Crippen LogP contribution in [0.4, 0.5) is 4.39 Å². The molecule has 7 nitrogen and oxygen atoms in total. The predicted octanol–water partition coefficient (Wildman–Crippen LogP) is 3.76. The number of rotatable bonds is 6. The first-order valence-electron chi connectivity index (χ1n) is 11.1. The van der Waals surface area contributed by atoms with E-state index in [1.807, 2.05) is 29.4 Å². The third-order valence-corrected chi connectivity index (χ3v) is 5.96. The number of aryl methyl sites for hydroxylation is 1. The Kier molecular flexibility index (Phi) is 6.41. The van der Waals surface area contributed by atoms with E-state index in [0.717, 1.165) is 49.7 Å². The first-order chi connectivity index (χ1) is 15.3.